The molecule has 0 saturated carbocycles. The lowest BCUT2D eigenvalue weighted by molar-refractivity contribution is 0.00578. The van der Waals surface area contributed by atoms with E-state index in [-0.39, 0.29) is 17.2 Å². The molecule has 1 aromatic heterocycles. The molecule has 1 atom stereocenters. The number of nitrogens with two attached hydrogens (primary N) is 1. The topological polar surface area (TPSA) is 57.4 Å². The van der Waals surface area contributed by atoms with Gasteiger partial charge in [-0.25, -0.2) is 0 Å². The molecule has 104 valence electrons. The zero-order valence-electron chi connectivity index (χ0n) is 12.0. The van der Waals surface area contributed by atoms with E-state index in [4.69, 9.17) is 26.6 Å². The van der Waals surface area contributed by atoms with Crippen molar-refractivity contribution >= 4 is 24.3 Å². The van der Waals surface area contributed by atoms with Crippen molar-refractivity contribution in [2.24, 2.45) is 5.73 Å². The Bertz CT molecular complexity index is 476. The minimum absolute atomic E-state index is 0.156. The molecule has 2 N–H and O–H groups in total. The average molecular weight is 283 g/mol. The van der Waals surface area contributed by atoms with Crippen LogP contribution in [-0.4, -0.2) is 23.3 Å². The average Bonchev–Trinajstić information content (AvgIpc) is 2.48. The van der Waals surface area contributed by atoms with Gasteiger partial charge >= 0.3 is 7.12 Å². The second kappa shape index (κ2) is 4.74. The normalized spacial score (nSPS) is 22.6. The Labute approximate surface area is 119 Å². The van der Waals surface area contributed by atoms with Crippen LogP contribution in [0.25, 0.3) is 0 Å². The third-order valence-corrected chi connectivity index (χ3v) is 4.21. The maximum Gasteiger partial charge on any atom is 0.514 e. The summed E-state index contributed by atoms with van der Waals surface area (Å²) in [7, 11) is -0.486. The molecule has 1 aliphatic rings. The van der Waals surface area contributed by atoms with Crippen molar-refractivity contribution in [1.29, 1.82) is 0 Å². The Hall–Kier alpha value is -0.615. The monoisotopic (exact) mass is 282 g/mol. The van der Waals surface area contributed by atoms with E-state index < -0.39 is 7.12 Å². The predicted molar refractivity (Wildman–Crippen MR) is 77.6 cm³/mol. The third-order valence-electron chi connectivity index (χ3n) is 3.89. The van der Waals surface area contributed by atoms with Crippen molar-refractivity contribution in [3.8, 4) is 0 Å². The quantitative estimate of drug-likeness (QED) is 0.844. The Morgan fingerprint density at radius 1 is 1.26 bits per heavy atom. The molecule has 4 nitrogen and oxygen atoms in total. The summed E-state index contributed by atoms with van der Waals surface area (Å²) in [5.74, 6) is 0. The molecule has 1 unspecified atom stereocenters. The first kappa shape index (κ1) is 14.8. The smallest absolute Gasteiger partial charge is 0.398 e. The van der Waals surface area contributed by atoms with Crippen molar-refractivity contribution in [1.82, 2.24) is 4.98 Å². The second-order valence-corrected chi connectivity index (χ2v) is 6.41. The summed E-state index contributed by atoms with van der Waals surface area (Å²) in [5.41, 5.74) is 6.68. The summed E-state index contributed by atoms with van der Waals surface area (Å²) in [4.78, 5) is 4.30. The van der Waals surface area contributed by atoms with Gasteiger partial charge in [-0.05, 0) is 46.2 Å². The van der Waals surface area contributed by atoms with Crippen LogP contribution in [-0.2, 0) is 9.31 Å². The number of hydrogen-bond donors (Lipinski definition) is 1. The molecule has 19 heavy (non-hydrogen) atoms. The lowest BCUT2D eigenvalue weighted by atomic mass is 9.83. The van der Waals surface area contributed by atoms with Crippen molar-refractivity contribution in [3.05, 3.63) is 22.8 Å². The molecule has 2 heterocycles. The molecule has 1 aromatic rings. The lowest BCUT2D eigenvalue weighted by Crippen LogP contribution is -2.41. The van der Waals surface area contributed by atoms with Crippen molar-refractivity contribution in [3.63, 3.8) is 0 Å². The number of aromatic nitrogens is 1. The van der Waals surface area contributed by atoms with Crippen LogP contribution in [0.2, 0.25) is 5.02 Å². The fourth-order valence-corrected chi connectivity index (χ4v) is 2.19. The van der Waals surface area contributed by atoms with E-state index in [1.165, 1.54) is 0 Å². The highest BCUT2D eigenvalue weighted by Crippen LogP contribution is 2.36. The van der Waals surface area contributed by atoms with Crippen LogP contribution in [0.5, 0.6) is 0 Å². The first-order valence-corrected chi connectivity index (χ1v) is 6.78. The maximum atomic E-state index is 6.09. The van der Waals surface area contributed by atoms with Crippen LogP contribution in [0.15, 0.2) is 12.3 Å². The minimum Gasteiger partial charge on any atom is -0.398 e. The van der Waals surface area contributed by atoms with Crippen LogP contribution in [0.4, 0.5) is 0 Å². The van der Waals surface area contributed by atoms with Crippen LogP contribution in [0, 0.1) is 0 Å². The molecule has 0 amide bonds. The van der Waals surface area contributed by atoms with E-state index in [9.17, 15) is 0 Å². The lowest BCUT2D eigenvalue weighted by Gasteiger charge is -2.32. The molecule has 1 fully saturated rings. The standard InChI is InChI=1S/C13H20BClN2O2/c1-8(16)9-6-11(17-7-10(9)15)14-18-12(2,3)13(4,5)19-14/h6-8H,16H2,1-5H3. The zero-order chi connectivity index (χ0) is 14.4. The number of nitrogens with zero attached hydrogens (tertiary/aromatic N) is 1. The van der Waals surface area contributed by atoms with Gasteiger partial charge in [0.25, 0.3) is 0 Å². The van der Waals surface area contributed by atoms with Gasteiger partial charge in [0.15, 0.2) is 0 Å². The fraction of sp³-hybridized carbons (Fsp3) is 0.615. The van der Waals surface area contributed by atoms with E-state index >= 15 is 0 Å². The molecule has 0 bridgehead atoms. The van der Waals surface area contributed by atoms with E-state index in [0.717, 1.165) is 5.56 Å². The first-order chi connectivity index (χ1) is 8.64. The van der Waals surface area contributed by atoms with Gasteiger partial charge in [-0.15, -0.1) is 0 Å². The summed E-state index contributed by atoms with van der Waals surface area (Å²) >= 11 is 6.09. The third kappa shape index (κ3) is 2.65. The highest BCUT2D eigenvalue weighted by Gasteiger charge is 2.52. The largest absolute Gasteiger partial charge is 0.514 e. The summed E-state index contributed by atoms with van der Waals surface area (Å²) in [6.45, 7) is 9.92. The summed E-state index contributed by atoms with van der Waals surface area (Å²) in [6, 6.07) is 1.70. The second-order valence-electron chi connectivity index (χ2n) is 6.01. The molecule has 0 radical (unpaired) electrons. The highest BCUT2D eigenvalue weighted by atomic mass is 35.5. The van der Waals surface area contributed by atoms with Crippen LogP contribution in [0.1, 0.15) is 46.2 Å². The van der Waals surface area contributed by atoms with Gasteiger partial charge in [0, 0.05) is 12.2 Å². The van der Waals surface area contributed by atoms with Gasteiger partial charge in [-0.2, -0.15) is 0 Å². The summed E-state index contributed by atoms with van der Waals surface area (Å²) in [6.07, 6.45) is 1.60. The molecule has 6 heteroatoms. The van der Waals surface area contributed by atoms with Gasteiger partial charge in [-0.1, -0.05) is 11.6 Å². The van der Waals surface area contributed by atoms with Gasteiger partial charge in [0.05, 0.1) is 21.8 Å². The van der Waals surface area contributed by atoms with E-state index in [2.05, 4.69) is 4.98 Å². The molecular weight excluding hydrogens is 262 g/mol. The Morgan fingerprint density at radius 2 is 1.79 bits per heavy atom. The van der Waals surface area contributed by atoms with Crippen molar-refractivity contribution < 1.29 is 9.31 Å². The van der Waals surface area contributed by atoms with Crippen LogP contribution in [0.3, 0.4) is 0 Å². The Kier molecular flexibility index (Phi) is 3.69. The predicted octanol–water partition coefficient (Wildman–Crippen LogP) is 2.05. The highest BCUT2D eigenvalue weighted by molar-refractivity contribution is 6.61. The van der Waals surface area contributed by atoms with E-state index in [1.807, 2.05) is 40.7 Å². The van der Waals surface area contributed by atoms with Crippen LogP contribution < -0.4 is 11.3 Å². The minimum atomic E-state index is -0.486. The summed E-state index contributed by atoms with van der Waals surface area (Å²) in [5, 5.41) is 0.565. The van der Waals surface area contributed by atoms with Gasteiger partial charge < -0.3 is 15.0 Å². The van der Waals surface area contributed by atoms with Gasteiger partial charge in [0.1, 0.15) is 0 Å². The Morgan fingerprint density at radius 3 is 2.26 bits per heavy atom. The molecule has 0 aromatic carbocycles. The number of hydrogen-bond acceptors (Lipinski definition) is 4. The molecule has 2 rings (SSSR count). The maximum absolute atomic E-state index is 6.09. The van der Waals surface area contributed by atoms with Crippen molar-refractivity contribution in [2.75, 3.05) is 0 Å². The van der Waals surface area contributed by atoms with Gasteiger partial charge in [-0.3, -0.25) is 4.98 Å². The molecule has 0 spiro atoms. The fourth-order valence-electron chi connectivity index (χ4n) is 1.91. The zero-order valence-corrected chi connectivity index (χ0v) is 12.8. The molecule has 1 saturated heterocycles. The van der Waals surface area contributed by atoms with Crippen LogP contribution >= 0.6 is 11.6 Å². The first-order valence-electron chi connectivity index (χ1n) is 6.40. The van der Waals surface area contributed by atoms with Crippen molar-refractivity contribution in [2.45, 2.75) is 51.9 Å². The number of halogens is 1. The number of rotatable bonds is 2. The summed E-state index contributed by atoms with van der Waals surface area (Å²) < 4.78 is 11.9. The van der Waals surface area contributed by atoms with Gasteiger partial charge in [0.2, 0.25) is 0 Å². The Balaban J connectivity index is 2.32. The molecule has 0 aliphatic carbocycles. The number of pyridine rings is 1. The van der Waals surface area contributed by atoms with E-state index in [0.29, 0.717) is 10.6 Å². The molecular formula is C13H20BClN2O2. The molecule has 1 aliphatic heterocycles. The SMILES string of the molecule is CC(N)c1cc(B2OC(C)(C)C(C)(C)O2)ncc1Cl. The van der Waals surface area contributed by atoms with E-state index in [1.54, 1.807) is 6.20 Å².